The zero-order valence-electron chi connectivity index (χ0n) is 24.8. The first-order chi connectivity index (χ1) is 21.8. The summed E-state index contributed by atoms with van der Waals surface area (Å²) in [6, 6.07) is 25.2. The van der Waals surface area contributed by atoms with E-state index in [0.29, 0.717) is 11.5 Å². The minimum absolute atomic E-state index is 0.0645. The summed E-state index contributed by atoms with van der Waals surface area (Å²) in [5, 5.41) is 0. The molecule has 3 aromatic carbocycles. The largest absolute Gasteiger partial charge is 0.497 e. The summed E-state index contributed by atoms with van der Waals surface area (Å²) >= 11 is 0. The second-order valence-corrected chi connectivity index (χ2v) is 10.6. The van der Waals surface area contributed by atoms with Crippen molar-refractivity contribution in [3.8, 4) is 11.5 Å². The highest BCUT2D eigenvalue weighted by atomic mass is 31.0. The first kappa shape index (κ1) is 31.9. The Balaban J connectivity index is 1.53. The van der Waals surface area contributed by atoms with E-state index in [1.807, 2.05) is 78.9 Å². The Morgan fingerprint density at radius 1 is 0.978 bits per heavy atom. The number of H-pyrrole nitrogens is 1. The predicted molar refractivity (Wildman–Crippen MR) is 171 cm³/mol. The first-order valence-corrected chi connectivity index (χ1v) is 14.6. The molecule has 4 aromatic rings. The SMILES string of the molecule is COc1ccc(C(OCC2OC(n3cc(/C=C/C(N)=O)c(=O)[nH]c3=O)CC2OP)(c2ccccc2)c2ccc(OC)cc2)cc1. The molecule has 1 fully saturated rings. The van der Waals surface area contributed by atoms with Gasteiger partial charge >= 0.3 is 5.69 Å². The molecule has 12 heteroatoms. The van der Waals surface area contributed by atoms with Crippen molar-refractivity contribution >= 4 is 21.4 Å². The Labute approximate surface area is 261 Å². The summed E-state index contributed by atoms with van der Waals surface area (Å²) in [6.45, 7) is 0.0645. The van der Waals surface area contributed by atoms with Crippen LogP contribution in [0.2, 0.25) is 0 Å². The van der Waals surface area contributed by atoms with Gasteiger partial charge in [-0.1, -0.05) is 54.6 Å². The van der Waals surface area contributed by atoms with Crippen molar-refractivity contribution in [1.29, 1.82) is 0 Å². The van der Waals surface area contributed by atoms with E-state index >= 15 is 0 Å². The fourth-order valence-electron chi connectivity index (χ4n) is 5.45. The van der Waals surface area contributed by atoms with Crippen LogP contribution in [-0.2, 0) is 24.4 Å². The molecular formula is C33H34N3O8P. The molecule has 5 rings (SSSR count). The predicted octanol–water partition coefficient (Wildman–Crippen LogP) is 3.52. The maximum Gasteiger partial charge on any atom is 0.330 e. The van der Waals surface area contributed by atoms with E-state index in [4.69, 9.17) is 29.2 Å². The minimum atomic E-state index is -1.09. The monoisotopic (exact) mass is 631 g/mol. The maximum atomic E-state index is 12.8. The highest BCUT2D eigenvalue weighted by Crippen LogP contribution is 2.43. The van der Waals surface area contributed by atoms with E-state index in [2.05, 4.69) is 14.5 Å². The number of primary amides is 1. The molecule has 3 N–H and O–H groups in total. The van der Waals surface area contributed by atoms with E-state index in [0.717, 1.165) is 22.8 Å². The second-order valence-electron chi connectivity index (χ2n) is 10.3. The van der Waals surface area contributed by atoms with Crippen molar-refractivity contribution in [1.82, 2.24) is 9.55 Å². The number of aromatic nitrogens is 2. The van der Waals surface area contributed by atoms with Gasteiger partial charge in [-0.3, -0.25) is 19.1 Å². The molecule has 1 saturated heterocycles. The van der Waals surface area contributed by atoms with E-state index in [-0.39, 0.29) is 18.6 Å². The molecule has 0 saturated carbocycles. The highest BCUT2D eigenvalue weighted by Gasteiger charge is 2.42. The normalized spacial score (nSPS) is 18.2. The fraction of sp³-hybridized carbons (Fsp3) is 0.242. The summed E-state index contributed by atoms with van der Waals surface area (Å²) in [5.74, 6) is 0.670. The van der Waals surface area contributed by atoms with Gasteiger partial charge in [0, 0.05) is 28.2 Å². The molecule has 0 spiro atoms. The van der Waals surface area contributed by atoms with Crippen molar-refractivity contribution in [2.45, 2.75) is 30.5 Å². The topological polar surface area (TPSA) is 144 Å². The summed E-state index contributed by atoms with van der Waals surface area (Å²) < 4.78 is 31.1. The number of amides is 1. The number of benzene rings is 3. The quantitative estimate of drug-likeness (QED) is 0.137. The highest BCUT2D eigenvalue weighted by molar-refractivity contribution is 7.09. The number of carbonyl (C=O) groups is 1. The van der Waals surface area contributed by atoms with Crippen molar-refractivity contribution in [2.24, 2.45) is 5.73 Å². The Hall–Kier alpha value is -4.54. The number of nitrogens with zero attached hydrogens (tertiary/aromatic N) is 1. The van der Waals surface area contributed by atoms with Crippen LogP contribution >= 0.6 is 9.47 Å². The van der Waals surface area contributed by atoms with Gasteiger partial charge in [-0.05, 0) is 47.0 Å². The third-order valence-corrected chi connectivity index (χ3v) is 8.08. The molecule has 4 atom stereocenters. The van der Waals surface area contributed by atoms with Crippen LogP contribution in [0.25, 0.3) is 6.08 Å². The van der Waals surface area contributed by atoms with Crippen LogP contribution in [-0.4, -0.2) is 48.5 Å². The molecule has 4 unspecified atom stereocenters. The lowest BCUT2D eigenvalue weighted by Crippen LogP contribution is -2.38. The van der Waals surface area contributed by atoms with Crippen LogP contribution in [0.4, 0.5) is 0 Å². The zero-order valence-corrected chi connectivity index (χ0v) is 25.9. The van der Waals surface area contributed by atoms with Gasteiger partial charge in [0.1, 0.15) is 29.4 Å². The molecule has 11 nitrogen and oxygen atoms in total. The summed E-state index contributed by atoms with van der Waals surface area (Å²) in [7, 11) is 5.48. The third-order valence-electron chi connectivity index (χ3n) is 7.73. The maximum absolute atomic E-state index is 12.8. The average Bonchev–Trinajstić information content (AvgIpc) is 3.48. The Bertz CT molecular complexity index is 1710. The molecule has 1 amide bonds. The van der Waals surface area contributed by atoms with Gasteiger partial charge in [0.05, 0.1) is 32.5 Å². The molecule has 45 heavy (non-hydrogen) atoms. The van der Waals surface area contributed by atoms with Crippen molar-refractivity contribution in [3.63, 3.8) is 0 Å². The van der Waals surface area contributed by atoms with Crippen LogP contribution in [0, 0.1) is 0 Å². The van der Waals surface area contributed by atoms with E-state index in [9.17, 15) is 14.4 Å². The number of nitrogens with two attached hydrogens (primary N) is 1. The molecule has 2 heterocycles. The van der Waals surface area contributed by atoms with E-state index < -0.39 is 41.2 Å². The van der Waals surface area contributed by atoms with Crippen LogP contribution in [0.15, 0.2) is 101 Å². The van der Waals surface area contributed by atoms with E-state index in [1.165, 1.54) is 16.8 Å². The number of carbonyl (C=O) groups excluding carboxylic acids is 1. The van der Waals surface area contributed by atoms with Crippen molar-refractivity contribution in [2.75, 3.05) is 20.8 Å². The van der Waals surface area contributed by atoms with Crippen LogP contribution < -0.4 is 26.5 Å². The molecule has 1 aromatic heterocycles. The number of aromatic amines is 1. The molecule has 0 radical (unpaired) electrons. The number of nitrogens with one attached hydrogen (secondary N) is 1. The number of ether oxygens (including phenoxy) is 4. The van der Waals surface area contributed by atoms with E-state index in [1.54, 1.807) is 14.2 Å². The Morgan fingerprint density at radius 3 is 2.09 bits per heavy atom. The van der Waals surface area contributed by atoms with Crippen molar-refractivity contribution in [3.05, 3.63) is 134 Å². The number of hydrogen-bond acceptors (Lipinski definition) is 8. The lowest BCUT2D eigenvalue weighted by atomic mass is 9.80. The van der Waals surface area contributed by atoms with Crippen LogP contribution in [0.3, 0.4) is 0 Å². The zero-order chi connectivity index (χ0) is 32.0. The van der Waals surface area contributed by atoms with Crippen molar-refractivity contribution < 1.29 is 28.3 Å². The lowest BCUT2D eigenvalue weighted by Gasteiger charge is -2.37. The Kier molecular flexibility index (Phi) is 9.95. The van der Waals surface area contributed by atoms with Gasteiger partial charge in [0.15, 0.2) is 0 Å². The van der Waals surface area contributed by atoms with Gasteiger partial charge in [-0.25, -0.2) is 4.79 Å². The summed E-state index contributed by atoms with van der Waals surface area (Å²) in [4.78, 5) is 38.6. The number of methoxy groups -OCH3 is 2. The van der Waals surface area contributed by atoms with Gasteiger partial charge in [0.2, 0.25) is 5.91 Å². The minimum Gasteiger partial charge on any atom is -0.497 e. The van der Waals surface area contributed by atoms with Gasteiger partial charge in [0.25, 0.3) is 5.56 Å². The van der Waals surface area contributed by atoms with Gasteiger partial charge in [-0.15, -0.1) is 0 Å². The smallest absolute Gasteiger partial charge is 0.330 e. The molecule has 234 valence electrons. The molecule has 0 bridgehead atoms. The molecule has 0 aliphatic carbocycles. The fourth-order valence-corrected chi connectivity index (χ4v) is 5.74. The standard InChI is InChI=1S/C33H34N3O8P/c1-40-25-13-9-23(10-14-25)33(22-6-4-3-5-7-22,24-11-15-26(41-2)16-12-24)42-20-28-27(44-45)18-30(43-28)36-19-21(8-17-29(34)37)31(38)35-32(36)39/h3-17,19,27-28,30H,18,20,45H2,1-2H3,(H2,34,37)(H,35,38,39)/b17-8+. The first-order valence-electron chi connectivity index (χ1n) is 14.1. The number of rotatable bonds is 12. The third kappa shape index (κ3) is 6.77. The Morgan fingerprint density at radius 2 is 1.56 bits per heavy atom. The molecular weight excluding hydrogens is 597 g/mol. The molecule has 1 aliphatic heterocycles. The average molecular weight is 632 g/mol. The second kappa shape index (κ2) is 14.0. The summed E-state index contributed by atoms with van der Waals surface area (Å²) in [6.07, 6.45) is 2.01. The lowest BCUT2D eigenvalue weighted by molar-refractivity contribution is -0.113. The van der Waals surface area contributed by atoms with Gasteiger partial charge in [-0.2, -0.15) is 0 Å². The van der Waals surface area contributed by atoms with Crippen LogP contribution in [0.1, 0.15) is 34.9 Å². The number of hydrogen-bond donors (Lipinski definition) is 2. The molecule has 1 aliphatic rings. The van der Waals surface area contributed by atoms with Gasteiger partial charge < -0.3 is 29.2 Å². The van der Waals surface area contributed by atoms with Crippen LogP contribution in [0.5, 0.6) is 11.5 Å². The summed E-state index contributed by atoms with van der Waals surface area (Å²) in [5.41, 5.74) is 5.41.